The van der Waals surface area contributed by atoms with Crippen LogP contribution < -0.4 is 5.56 Å². The van der Waals surface area contributed by atoms with E-state index in [1.165, 1.54) is 0 Å². The number of H-pyrrole nitrogens is 1. The van der Waals surface area contributed by atoms with Crippen molar-refractivity contribution >= 4 is 16.7 Å². The van der Waals surface area contributed by atoms with Crippen molar-refractivity contribution in [3.8, 4) is 11.4 Å². The number of carbonyl (C=O) groups excluding carboxylic acids is 1. The second-order valence-corrected chi connectivity index (χ2v) is 7.71. The molecule has 5 heteroatoms. The molecule has 0 saturated heterocycles. The average molecular weight is 395 g/mol. The van der Waals surface area contributed by atoms with E-state index in [4.69, 9.17) is 4.98 Å². The highest BCUT2D eigenvalue weighted by Crippen LogP contribution is 2.24. The lowest BCUT2D eigenvalue weighted by Crippen LogP contribution is -2.39. The molecule has 0 atom stereocenters. The molecule has 0 aliphatic carbocycles. The lowest BCUT2D eigenvalue weighted by atomic mass is 10.0. The molecule has 1 aliphatic rings. The quantitative estimate of drug-likeness (QED) is 0.556. The van der Waals surface area contributed by atoms with Crippen molar-refractivity contribution in [3.05, 3.63) is 99.5 Å². The number of nitrogens with zero attached hydrogens (tertiary/aromatic N) is 2. The van der Waals surface area contributed by atoms with Crippen LogP contribution >= 0.6 is 0 Å². The van der Waals surface area contributed by atoms with Gasteiger partial charge < -0.3 is 9.88 Å². The van der Waals surface area contributed by atoms with Crippen LogP contribution in [0.5, 0.6) is 0 Å². The van der Waals surface area contributed by atoms with Crippen LogP contribution in [0.25, 0.3) is 22.2 Å². The molecule has 1 N–H and O–H groups in total. The third kappa shape index (κ3) is 3.18. The normalized spacial score (nSPS) is 13.3. The van der Waals surface area contributed by atoms with Gasteiger partial charge in [0.2, 0.25) is 0 Å². The number of amides is 1. The molecule has 30 heavy (non-hydrogen) atoms. The number of aromatic nitrogens is 2. The van der Waals surface area contributed by atoms with Crippen molar-refractivity contribution in [1.29, 1.82) is 0 Å². The maximum Gasteiger partial charge on any atom is 0.256 e. The molecule has 0 spiro atoms. The Balaban J connectivity index is 1.48. The smallest absolute Gasteiger partial charge is 0.256 e. The number of aromatic amines is 1. The highest BCUT2D eigenvalue weighted by Gasteiger charge is 2.26. The first-order chi connectivity index (χ1) is 14.6. The van der Waals surface area contributed by atoms with Crippen molar-refractivity contribution in [2.75, 3.05) is 6.54 Å². The molecule has 2 heterocycles. The van der Waals surface area contributed by atoms with Crippen LogP contribution in [0.3, 0.4) is 0 Å². The largest absolute Gasteiger partial charge is 0.334 e. The van der Waals surface area contributed by atoms with Gasteiger partial charge in [-0.25, -0.2) is 4.98 Å². The summed E-state index contributed by atoms with van der Waals surface area (Å²) in [4.78, 5) is 35.4. The average Bonchev–Trinajstić information content (AvgIpc) is 2.78. The second-order valence-electron chi connectivity index (χ2n) is 7.71. The van der Waals surface area contributed by atoms with Crippen LogP contribution in [0.15, 0.2) is 71.5 Å². The molecule has 0 radical (unpaired) electrons. The summed E-state index contributed by atoms with van der Waals surface area (Å²) >= 11 is 0. The first kappa shape index (κ1) is 18.3. The maximum absolute atomic E-state index is 13.3. The number of benzene rings is 3. The standard InChI is InChI=1S/C25H21N3O2/c1-16-6-4-9-18(14-16)23-26-22-12-13-28(15-21(22)24(29)27-23)25(30)20-11-5-8-17-7-2-3-10-19(17)20/h2-11,14H,12-13,15H2,1H3,(H,26,27,29). The fraction of sp³-hybridized carbons (Fsp3) is 0.160. The zero-order valence-corrected chi connectivity index (χ0v) is 16.7. The molecular weight excluding hydrogens is 374 g/mol. The first-order valence-electron chi connectivity index (χ1n) is 10.1. The summed E-state index contributed by atoms with van der Waals surface area (Å²) in [7, 11) is 0. The van der Waals surface area contributed by atoms with E-state index in [9.17, 15) is 9.59 Å². The highest BCUT2D eigenvalue weighted by atomic mass is 16.2. The number of rotatable bonds is 2. The molecular formula is C25H21N3O2. The van der Waals surface area contributed by atoms with E-state index in [0.29, 0.717) is 29.9 Å². The van der Waals surface area contributed by atoms with Gasteiger partial charge in [0.25, 0.3) is 11.5 Å². The minimum absolute atomic E-state index is 0.0559. The highest BCUT2D eigenvalue weighted by molar-refractivity contribution is 6.07. The van der Waals surface area contributed by atoms with Crippen molar-refractivity contribution in [2.24, 2.45) is 0 Å². The molecule has 1 aromatic heterocycles. The van der Waals surface area contributed by atoms with Gasteiger partial charge in [0.15, 0.2) is 0 Å². The summed E-state index contributed by atoms with van der Waals surface area (Å²) in [6, 6.07) is 21.5. The molecule has 0 fully saturated rings. The Labute approximate surface area is 174 Å². The van der Waals surface area contributed by atoms with Crippen LogP contribution in [0.4, 0.5) is 0 Å². The summed E-state index contributed by atoms with van der Waals surface area (Å²) in [5.74, 6) is 0.524. The lowest BCUT2D eigenvalue weighted by molar-refractivity contribution is 0.0734. The van der Waals surface area contributed by atoms with Gasteiger partial charge in [0.05, 0.1) is 17.8 Å². The van der Waals surface area contributed by atoms with Crippen LogP contribution in [0.1, 0.15) is 27.2 Å². The Morgan fingerprint density at radius 1 is 1.03 bits per heavy atom. The minimum atomic E-state index is -0.174. The molecule has 3 aromatic carbocycles. The Kier molecular flexibility index (Phi) is 4.43. The summed E-state index contributed by atoms with van der Waals surface area (Å²) in [6.07, 6.45) is 0.564. The SMILES string of the molecule is Cc1cccc(-c2nc3c(c(=O)[nH]2)CN(C(=O)c2cccc4ccccc24)CC3)c1. The van der Waals surface area contributed by atoms with E-state index in [2.05, 4.69) is 4.98 Å². The number of hydrogen-bond donors (Lipinski definition) is 1. The maximum atomic E-state index is 13.3. The third-order valence-corrected chi connectivity index (χ3v) is 5.67. The predicted molar refractivity (Wildman–Crippen MR) is 117 cm³/mol. The summed E-state index contributed by atoms with van der Waals surface area (Å²) < 4.78 is 0. The molecule has 5 rings (SSSR count). The van der Waals surface area contributed by atoms with Gasteiger partial charge in [-0.05, 0) is 29.8 Å². The molecule has 0 unspecified atom stereocenters. The summed E-state index contributed by atoms with van der Waals surface area (Å²) in [5.41, 5.74) is 3.84. The van der Waals surface area contributed by atoms with E-state index >= 15 is 0 Å². The first-order valence-corrected chi connectivity index (χ1v) is 10.1. The fourth-order valence-corrected chi connectivity index (χ4v) is 4.11. The second kappa shape index (κ2) is 7.26. The van der Waals surface area contributed by atoms with Crippen LogP contribution in [0, 0.1) is 6.92 Å². The number of nitrogens with one attached hydrogen (secondary N) is 1. The molecule has 1 amide bonds. The van der Waals surface area contributed by atoms with Crippen molar-refractivity contribution in [3.63, 3.8) is 0 Å². The topological polar surface area (TPSA) is 66.1 Å². The van der Waals surface area contributed by atoms with Crippen molar-refractivity contribution < 1.29 is 4.79 Å². The Morgan fingerprint density at radius 3 is 2.70 bits per heavy atom. The van der Waals surface area contributed by atoms with E-state index in [-0.39, 0.29) is 18.0 Å². The summed E-state index contributed by atoms with van der Waals surface area (Å²) in [5, 5.41) is 1.96. The van der Waals surface area contributed by atoms with Crippen LogP contribution in [-0.4, -0.2) is 27.3 Å². The Morgan fingerprint density at radius 2 is 1.83 bits per heavy atom. The number of fused-ring (bicyclic) bond motifs is 2. The van der Waals surface area contributed by atoms with E-state index in [0.717, 1.165) is 27.6 Å². The van der Waals surface area contributed by atoms with Gasteiger partial charge in [-0.3, -0.25) is 9.59 Å². The predicted octanol–water partition coefficient (Wildman–Crippen LogP) is 4.10. The number of hydrogen-bond acceptors (Lipinski definition) is 3. The monoisotopic (exact) mass is 395 g/mol. The molecule has 148 valence electrons. The molecule has 0 bridgehead atoms. The van der Waals surface area contributed by atoms with Crippen LogP contribution in [-0.2, 0) is 13.0 Å². The van der Waals surface area contributed by atoms with Crippen molar-refractivity contribution in [1.82, 2.24) is 14.9 Å². The zero-order valence-electron chi connectivity index (χ0n) is 16.7. The van der Waals surface area contributed by atoms with Gasteiger partial charge >= 0.3 is 0 Å². The number of aryl methyl sites for hydroxylation is 1. The molecule has 0 saturated carbocycles. The molecule has 1 aliphatic heterocycles. The van der Waals surface area contributed by atoms with Gasteiger partial charge in [-0.1, -0.05) is 60.2 Å². The minimum Gasteiger partial charge on any atom is -0.334 e. The van der Waals surface area contributed by atoms with Gasteiger partial charge in [0, 0.05) is 24.1 Å². The molecule has 5 nitrogen and oxygen atoms in total. The zero-order chi connectivity index (χ0) is 20.7. The third-order valence-electron chi connectivity index (χ3n) is 5.67. The van der Waals surface area contributed by atoms with Gasteiger partial charge in [-0.2, -0.15) is 0 Å². The van der Waals surface area contributed by atoms with E-state index in [1.54, 1.807) is 4.90 Å². The Hall–Kier alpha value is -3.73. The Bertz CT molecular complexity index is 1330. The fourth-order valence-electron chi connectivity index (χ4n) is 4.11. The van der Waals surface area contributed by atoms with Crippen LogP contribution in [0.2, 0.25) is 0 Å². The van der Waals surface area contributed by atoms with Gasteiger partial charge in [-0.15, -0.1) is 0 Å². The van der Waals surface area contributed by atoms with E-state index < -0.39 is 0 Å². The van der Waals surface area contributed by atoms with E-state index in [1.807, 2.05) is 73.7 Å². The van der Waals surface area contributed by atoms with Crippen molar-refractivity contribution in [2.45, 2.75) is 19.9 Å². The molecule has 4 aromatic rings. The number of carbonyl (C=O) groups is 1. The summed E-state index contributed by atoms with van der Waals surface area (Å²) in [6.45, 7) is 2.82. The lowest BCUT2D eigenvalue weighted by Gasteiger charge is -2.28. The van der Waals surface area contributed by atoms with Gasteiger partial charge in [0.1, 0.15) is 5.82 Å².